The number of hydrogen-bond donors (Lipinski definition) is 1. The summed E-state index contributed by atoms with van der Waals surface area (Å²) in [7, 11) is 0. The summed E-state index contributed by atoms with van der Waals surface area (Å²) < 4.78 is 26.2. The third kappa shape index (κ3) is 4.23. The highest BCUT2D eigenvalue weighted by Gasteiger charge is 2.26. The van der Waals surface area contributed by atoms with Crippen molar-refractivity contribution in [3.63, 3.8) is 0 Å². The van der Waals surface area contributed by atoms with Crippen LogP contribution in [0.2, 0.25) is 0 Å². The first kappa shape index (κ1) is 17.1. The van der Waals surface area contributed by atoms with E-state index in [1.807, 2.05) is 0 Å². The van der Waals surface area contributed by atoms with Crippen LogP contribution in [0, 0.1) is 11.6 Å². The van der Waals surface area contributed by atoms with Gasteiger partial charge >= 0.3 is 6.03 Å². The van der Waals surface area contributed by atoms with Crippen molar-refractivity contribution in [3.8, 4) is 0 Å². The van der Waals surface area contributed by atoms with Gasteiger partial charge in [-0.25, -0.2) is 13.6 Å². The molecular formula is C18H25F2N3O. The first-order chi connectivity index (χ1) is 11.6. The first-order valence-corrected chi connectivity index (χ1v) is 8.88. The monoisotopic (exact) mass is 337 g/mol. The molecule has 6 heteroatoms. The summed E-state index contributed by atoms with van der Waals surface area (Å²) >= 11 is 0. The molecule has 1 aliphatic carbocycles. The largest absolute Gasteiger partial charge is 0.322 e. The van der Waals surface area contributed by atoms with Crippen LogP contribution in [-0.4, -0.2) is 48.1 Å². The average molecular weight is 337 g/mol. The Labute approximate surface area is 141 Å². The molecule has 0 spiro atoms. The molecule has 1 aliphatic heterocycles. The minimum Gasteiger partial charge on any atom is -0.322 e. The fourth-order valence-electron chi connectivity index (χ4n) is 3.69. The Balaban J connectivity index is 1.50. The Hall–Kier alpha value is -1.69. The Kier molecular flexibility index (Phi) is 5.66. The summed E-state index contributed by atoms with van der Waals surface area (Å²) in [5.41, 5.74) is 0.282. The number of nitrogens with one attached hydrogen (secondary N) is 1. The Morgan fingerprint density at radius 3 is 2.25 bits per heavy atom. The average Bonchev–Trinajstić information content (AvgIpc) is 2.88. The maximum absolute atomic E-state index is 13.2. The molecule has 2 aliphatic rings. The van der Waals surface area contributed by atoms with Crippen molar-refractivity contribution in [2.24, 2.45) is 0 Å². The van der Waals surface area contributed by atoms with Crippen molar-refractivity contribution in [1.29, 1.82) is 0 Å². The summed E-state index contributed by atoms with van der Waals surface area (Å²) in [6.45, 7) is 3.11. The molecule has 1 heterocycles. The zero-order valence-corrected chi connectivity index (χ0v) is 13.9. The predicted molar refractivity (Wildman–Crippen MR) is 90.0 cm³/mol. The number of amides is 2. The van der Waals surface area contributed by atoms with Crippen LogP contribution in [0.4, 0.5) is 19.3 Å². The minimum atomic E-state index is -0.953. The first-order valence-electron chi connectivity index (χ1n) is 8.88. The Morgan fingerprint density at radius 1 is 0.958 bits per heavy atom. The molecule has 1 saturated carbocycles. The highest BCUT2D eigenvalue weighted by atomic mass is 19.2. The molecule has 1 saturated heterocycles. The Bertz CT molecular complexity index is 565. The summed E-state index contributed by atoms with van der Waals surface area (Å²) in [5.74, 6) is -1.86. The molecule has 1 aromatic rings. The quantitative estimate of drug-likeness (QED) is 0.833. The van der Waals surface area contributed by atoms with Gasteiger partial charge in [-0.1, -0.05) is 25.7 Å². The van der Waals surface area contributed by atoms with Gasteiger partial charge in [0, 0.05) is 44.0 Å². The lowest BCUT2D eigenvalue weighted by molar-refractivity contribution is 0.105. The fourth-order valence-corrected chi connectivity index (χ4v) is 3.69. The van der Waals surface area contributed by atoms with Gasteiger partial charge in [0.25, 0.3) is 0 Å². The van der Waals surface area contributed by atoms with Crippen molar-refractivity contribution < 1.29 is 13.6 Å². The molecule has 0 unspecified atom stereocenters. The van der Waals surface area contributed by atoms with Crippen LogP contribution in [0.25, 0.3) is 0 Å². The van der Waals surface area contributed by atoms with Crippen molar-refractivity contribution in [1.82, 2.24) is 9.80 Å². The maximum atomic E-state index is 13.2. The second kappa shape index (κ2) is 7.92. The number of hydrogen-bond acceptors (Lipinski definition) is 2. The topological polar surface area (TPSA) is 35.6 Å². The van der Waals surface area contributed by atoms with E-state index in [0.717, 1.165) is 25.2 Å². The van der Waals surface area contributed by atoms with Crippen LogP contribution in [0.15, 0.2) is 18.2 Å². The number of carbonyl (C=O) groups excluding carboxylic acids is 1. The third-order valence-electron chi connectivity index (χ3n) is 5.11. The van der Waals surface area contributed by atoms with Crippen molar-refractivity contribution in [2.45, 2.75) is 44.6 Å². The van der Waals surface area contributed by atoms with Crippen molar-refractivity contribution in [2.75, 3.05) is 31.5 Å². The zero-order chi connectivity index (χ0) is 16.9. The van der Waals surface area contributed by atoms with Crippen LogP contribution in [0.5, 0.6) is 0 Å². The van der Waals surface area contributed by atoms with Gasteiger partial charge in [0.1, 0.15) is 0 Å². The SMILES string of the molecule is O=C(Nc1ccc(F)c(F)c1)N1CCN(C2CCCCCC2)CC1. The number of halogens is 2. The van der Waals surface area contributed by atoms with Gasteiger partial charge in [-0.3, -0.25) is 4.90 Å². The van der Waals surface area contributed by atoms with Gasteiger partial charge in [-0.2, -0.15) is 0 Å². The minimum absolute atomic E-state index is 0.249. The summed E-state index contributed by atoms with van der Waals surface area (Å²) in [5, 5.41) is 2.65. The lowest BCUT2D eigenvalue weighted by Crippen LogP contribution is -2.52. The standard InChI is InChI=1S/C18H25F2N3O/c19-16-8-7-14(13-17(16)20)21-18(24)23-11-9-22(10-12-23)15-5-3-1-2-4-6-15/h7-8,13,15H,1-6,9-12H2,(H,21,24). The summed E-state index contributed by atoms with van der Waals surface area (Å²) in [4.78, 5) is 16.5. The lowest BCUT2D eigenvalue weighted by atomic mass is 10.1. The summed E-state index contributed by atoms with van der Waals surface area (Å²) in [6.07, 6.45) is 7.82. The number of nitrogens with zero attached hydrogens (tertiary/aromatic N) is 2. The molecule has 1 N–H and O–H groups in total. The van der Waals surface area contributed by atoms with Gasteiger partial charge in [-0.05, 0) is 25.0 Å². The molecule has 0 radical (unpaired) electrons. The van der Waals surface area contributed by atoms with Gasteiger partial charge in [0.2, 0.25) is 0 Å². The predicted octanol–water partition coefficient (Wildman–Crippen LogP) is 3.84. The van der Waals surface area contributed by atoms with Gasteiger partial charge in [-0.15, -0.1) is 0 Å². The second-order valence-corrected chi connectivity index (χ2v) is 6.73. The highest BCUT2D eigenvalue weighted by Crippen LogP contribution is 2.23. The summed E-state index contributed by atoms with van der Waals surface area (Å²) in [6, 6.07) is 3.81. The van der Waals surface area contributed by atoms with Gasteiger partial charge in [0.05, 0.1) is 0 Å². The van der Waals surface area contributed by atoms with Crippen molar-refractivity contribution in [3.05, 3.63) is 29.8 Å². The van der Waals surface area contributed by atoms with Crippen molar-refractivity contribution >= 4 is 11.7 Å². The molecule has 2 amide bonds. The molecule has 0 aromatic heterocycles. The van der Waals surface area contributed by atoms with E-state index in [-0.39, 0.29) is 11.7 Å². The molecule has 4 nitrogen and oxygen atoms in total. The fraction of sp³-hybridized carbons (Fsp3) is 0.611. The molecule has 3 rings (SSSR count). The number of urea groups is 1. The van der Waals surface area contributed by atoms with E-state index in [2.05, 4.69) is 10.2 Å². The van der Waals surface area contributed by atoms with Crippen LogP contribution in [-0.2, 0) is 0 Å². The number of anilines is 1. The molecule has 1 aromatic carbocycles. The third-order valence-corrected chi connectivity index (χ3v) is 5.11. The van der Waals surface area contributed by atoms with E-state index in [0.29, 0.717) is 19.1 Å². The van der Waals surface area contributed by atoms with Crippen LogP contribution >= 0.6 is 0 Å². The molecule has 0 atom stereocenters. The second-order valence-electron chi connectivity index (χ2n) is 6.73. The Morgan fingerprint density at radius 2 is 1.62 bits per heavy atom. The van der Waals surface area contributed by atoms with E-state index in [9.17, 15) is 13.6 Å². The molecule has 2 fully saturated rings. The van der Waals surface area contributed by atoms with Gasteiger partial charge in [0.15, 0.2) is 11.6 Å². The molecule has 132 valence electrons. The number of piperazine rings is 1. The molecule has 24 heavy (non-hydrogen) atoms. The lowest BCUT2D eigenvalue weighted by Gasteiger charge is -2.39. The van der Waals surface area contributed by atoms with Crippen LogP contribution < -0.4 is 5.32 Å². The molecular weight excluding hydrogens is 312 g/mol. The normalized spacial score (nSPS) is 20.7. The van der Waals surface area contributed by atoms with E-state index in [1.54, 1.807) is 4.90 Å². The smallest absolute Gasteiger partial charge is 0.321 e. The van der Waals surface area contributed by atoms with Gasteiger partial charge < -0.3 is 10.2 Å². The van der Waals surface area contributed by atoms with E-state index in [1.165, 1.54) is 44.6 Å². The zero-order valence-electron chi connectivity index (χ0n) is 13.9. The van der Waals surface area contributed by atoms with E-state index < -0.39 is 11.6 Å². The van der Waals surface area contributed by atoms with E-state index >= 15 is 0 Å². The number of rotatable bonds is 2. The maximum Gasteiger partial charge on any atom is 0.321 e. The van der Waals surface area contributed by atoms with E-state index in [4.69, 9.17) is 0 Å². The van der Waals surface area contributed by atoms with Crippen LogP contribution in [0.3, 0.4) is 0 Å². The number of benzene rings is 1. The highest BCUT2D eigenvalue weighted by molar-refractivity contribution is 5.89. The molecule has 0 bridgehead atoms. The number of carbonyl (C=O) groups is 1. The van der Waals surface area contributed by atoms with Crippen LogP contribution in [0.1, 0.15) is 38.5 Å².